The van der Waals surface area contributed by atoms with Crippen molar-refractivity contribution in [2.45, 2.75) is 19.3 Å². The number of aliphatic carboxylic acids is 1. The van der Waals surface area contributed by atoms with Gasteiger partial charge in [-0.1, -0.05) is 6.42 Å². The van der Waals surface area contributed by atoms with Gasteiger partial charge in [0.1, 0.15) is 0 Å². The van der Waals surface area contributed by atoms with Crippen LogP contribution in [-0.2, 0) is 9.59 Å². The second kappa shape index (κ2) is 5.08. The summed E-state index contributed by atoms with van der Waals surface area (Å²) in [6.45, 7) is 1.80. The van der Waals surface area contributed by atoms with Gasteiger partial charge >= 0.3 is 5.97 Å². The molecule has 4 nitrogen and oxygen atoms in total. The van der Waals surface area contributed by atoms with E-state index in [2.05, 4.69) is 0 Å². The van der Waals surface area contributed by atoms with Gasteiger partial charge in [0.15, 0.2) is 0 Å². The lowest BCUT2D eigenvalue weighted by molar-refractivity contribution is -0.133. The van der Waals surface area contributed by atoms with Crippen LogP contribution in [-0.4, -0.2) is 46.5 Å². The number of likely N-dealkylation sites (tertiary alicyclic amines) is 1. The molecule has 0 radical (unpaired) electrons. The van der Waals surface area contributed by atoms with Gasteiger partial charge in [-0.25, -0.2) is 0 Å². The van der Waals surface area contributed by atoms with Crippen molar-refractivity contribution in [1.29, 1.82) is 0 Å². The molecular weight excluding hydrogens is 226 g/mol. The second-order valence-corrected chi connectivity index (χ2v) is 5.62. The summed E-state index contributed by atoms with van der Waals surface area (Å²) in [7, 11) is 0. The molecule has 2 aliphatic rings. The van der Waals surface area contributed by atoms with Crippen LogP contribution in [0.1, 0.15) is 19.3 Å². The Bertz CT molecular complexity index is 283. The summed E-state index contributed by atoms with van der Waals surface area (Å²) < 4.78 is 0. The molecule has 1 amide bonds. The van der Waals surface area contributed by atoms with Crippen LogP contribution in [0.4, 0.5) is 0 Å². The van der Waals surface area contributed by atoms with Crippen molar-refractivity contribution in [1.82, 2.24) is 4.90 Å². The monoisotopic (exact) mass is 243 g/mol. The van der Waals surface area contributed by atoms with Crippen molar-refractivity contribution in [3.8, 4) is 0 Å². The number of hydrogen-bond acceptors (Lipinski definition) is 3. The van der Waals surface area contributed by atoms with Gasteiger partial charge in [0.25, 0.3) is 0 Å². The maximum absolute atomic E-state index is 11.8. The molecule has 2 atom stereocenters. The lowest BCUT2D eigenvalue weighted by Crippen LogP contribution is -2.31. The summed E-state index contributed by atoms with van der Waals surface area (Å²) in [5.74, 6) is 1.02. The standard InChI is InChI=1S/C11H17NO3S/c13-10(6-16-7-11(14)15)12-4-8-2-1-3-9(8)5-12/h8-9H,1-7H2,(H,14,15). The van der Waals surface area contributed by atoms with Gasteiger partial charge in [-0.05, 0) is 24.7 Å². The van der Waals surface area contributed by atoms with Gasteiger partial charge in [0.2, 0.25) is 5.91 Å². The molecule has 1 saturated carbocycles. The fraction of sp³-hybridized carbons (Fsp3) is 0.818. The molecule has 1 saturated heterocycles. The van der Waals surface area contributed by atoms with Crippen LogP contribution in [0.2, 0.25) is 0 Å². The predicted octanol–water partition coefficient (Wildman–Crippen LogP) is 1.06. The molecule has 0 bridgehead atoms. The lowest BCUT2D eigenvalue weighted by atomic mass is 10.0. The molecule has 0 aromatic heterocycles. The highest BCUT2D eigenvalue weighted by Crippen LogP contribution is 2.37. The number of carboxylic acid groups (broad SMARTS) is 1. The number of amides is 1. The van der Waals surface area contributed by atoms with Crippen LogP contribution in [0.3, 0.4) is 0 Å². The largest absolute Gasteiger partial charge is 0.481 e. The van der Waals surface area contributed by atoms with E-state index in [-0.39, 0.29) is 11.7 Å². The van der Waals surface area contributed by atoms with Gasteiger partial charge in [0, 0.05) is 13.1 Å². The SMILES string of the molecule is O=C(O)CSCC(=O)N1CC2CCCC2C1. The van der Waals surface area contributed by atoms with E-state index in [0.717, 1.165) is 13.1 Å². The van der Waals surface area contributed by atoms with Crippen LogP contribution in [0.15, 0.2) is 0 Å². The maximum Gasteiger partial charge on any atom is 0.313 e. The summed E-state index contributed by atoms with van der Waals surface area (Å²) in [4.78, 5) is 24.0. The predicted molar refractivity (Wildman–Crippen MR) is 62.4 cm³/mol. The number of thioether (sulfide) groups is 1. The van der Waals surface area contributed by atoms with E-state index >= 15 is 0 Å². The lowest BCUT2D eigenvalue weighted by Gasteiger charge is -2.16. The highest BCUT2D eigenvalue weighted by molar-refractivity contribution is 8.00. The minimum Gasteiger partial charge on any atom is -0.481 e. The van der Waals surface area contributed by atoms with Crippen molar-refractivity contribution >= 4 is 23.6 Å². The van der Waals surface area contributed by atoms with Gasteiger partial charge in [0.05, 0.1) is 11.5 Å². The molecule has 2 unspecified atom stereocenters. The molecule has 0 aromatic carbocycles. The Hall–Kier alpha value is -0.710. The third-order valence-electron chi connectivity index (χ3n) is 3.53. The van der Waals surface area contributed by atoms with Crippen LogP contribution in [0, 0.1) is 11.8 Å². The van der Waals surface area contributed by atoms with Gasteiger partial charge in [-0.3, -0.25) is 9.59 Å². The Balaban J connectivity index is 1.72. The molecule has 2 fully saturated rings. The summed E-state index contributed by atoms with van der Waals surface area (Å²) >= 11 is 1.19. The number of carbonyl (C=O) groups excluding carboxylic acids is 1. The molecule has 0 aromatic rings. The van der Waals surface area contributed by atoms with E-state index in [1.165, 1.54) is 31.0 Å². The number of rotatable bonds is 4. The Labute approximate surface area is 99.4 Å². The number of carbonyl (C=O) groups is 2. The number of carboxylic acids is 1. The Morgan fingerprint density at radius 2 is 1.81 bits per heavy atom. The molecule has 1 heterocycles. The first kappa shape index (κ1) is 11.8. The third kappa shape index (κ3) is 2.70. The Morgan fingerprint density at radius 1 is 1.19 bits per heavy atom. The zero-order valence-corrected chi connectivity index (χ0v) is 10.0. The first-order valence-corrected chi connectivity index (χ1v) is 6.89. The Morgan fingerprint density at radius 3 is 2.38 bits per heavy atom. The molecular formula is C11H17NO3S. The van der Waals surface area contributed by atoms with Crippen LogP contribution < -0.4 is 0 Å². The average Bonchev–Trinajstić information content (AvgIpc) is 2.75. The zero-order valence-electron chi connectivity index (χ0n) is 9.22. The van der Waals surface area contributed by atoms with E-state index in [0.29, 0.717) is 17.6 Å². The fourth-order valence-corrected chi connectivity index (χ4v) is 3.39. The average molecular weight is 243 g/mol. The van der Waals surface area contributed by atoms with Gasteiger partial charge in [-0.2, -0.15) is 0 Å². The second-order valence-electron chi connectivity index (χ2n) is 4.64. The summed E-state index contributed by atoms with van der Waals surface area (Å²) in [5, 5.41) is 8.48. The molecule has 0 spiro atoms. The molecule has 16 heavy (non-hydrogen) atoms. The van der Waals surface area contributed by atoms with Crippen molar-refractivity contribution in [3.63, 3.8) is 0 Å². The number of nitrogens with zero attached hydrogens (tertiary/aromatic N) is 1. The highest BCUT2D eigenvalue weighted by Gasteiger charge is 2.37. The summed E-state index contributed by atoms with van der Waals surface area (Å²) in [5.41, 5.74) is 0. The maximum atomic E-state index is 11.8. The zero-order chi connectivity index (χ0) is 11.5. The van der Waals surface area contributed by atoms with Crippen molar-refractivity contribution in [2.75, 3.05) is 24.6 Å². The number of hydrogen-bond donors (Lipinski definition) is 1. The van der Waals surface area contributed by atoms with E-state index in [4.69, 9.17) is 5.11 Å². The van der Waals surface area contributed by atoms with Crippen molar-refractivity contribution in [2.24, 2.45) is 11.8 Å². The molecule has 5 heteroatoms. The van der Waals surface area contributed by atoms with Crippen LogP contribution >= 0.6 is 11.8 Å². The molecule has 1 N–H and O–H groups in total. The molecule has 1 aliphatic heterocycles. The molecule has 90 valence electrons. The van der Waals surface area contributed by atoms with E-state index in [1.54, 1.807) is 0 Å². The van der Waals surface area contributed by atoms with Crippen LogP contribution in [0.25, 0.3) is 0 Å². The quantitative estimate of drug-likeness (QED) is 0.802. The first-order chi connectivity index (χ1) is 7.66. The van der Waals surface area contributed by atoms with E-state index in [9.17, 15) is 9.59 Å². The highest BCUT2D eigenvalue weighted by atomic mass is 32.2. The van der Waals surface area contributed by atoms with Gasteiger partial charge < -0.3 is 10.0 Å². The van der Waals surface area contributed by atoms with Gasteiger partial charge in [-0.15, -0.1) is 11.8 Å². The fourth-order valence-electron chi connectivity index (χ4n) is 2.76. The van der Waals surface area contributed by atoms with Crippen LogP contribution in [0.5, 0.6) is 0 Å². The molecule has 1 aliphatic carbocycles. The van der Waals surface area contributed by atoms with Crippen molar-refractivity contribution in [3.05, 3.63) is 0 Å². The van der Waals surface area contributed by atoms with E-state index < -0.39 is 5.97 Å². The normalized spacial score (nSPS) is 28.1. The minimum absolute atomic E-state index is 0.0203. The third-order valence-corrected chi connectivity index (χ3v) is 4.43. The number of fused-ring (bicyclic) bond motifs is 1. The van der Waals surface area contributed by atoms with E-state index in [1.807, 2.05) is 4.90 Å². The molecule has 2 rings (SSSR count). The summed E-state index contributed by atoms with van der Waals surface area (Å²) in [6.07, 6.45) is 3.83. The smallest absolute Gasteiger partial charge is 0.313 e. The minimum atomic E-state index is -0.851. The first-order valence-electron chi connectivity index (χ1n) is 5.74. The topological polar surface area (TPSA) is 57.6 Å². The summed E-state index contributed by atoms with van der Waals surface area (Å²) in [6, 6.07) is 0. The Kier molecular flexibility index (Phi) is 3.74. The van der Waals surface area contributed by atoms with Crippen molar-refractivity contribution < 1.29 is 14.7 Å².